The maximum Gasteiger partial charge on any atom is 0.267 e. The van der Waals surface area contributed by atoms with E-state index in [1.54, 1.807) is 4.57 Å². The maximum absolute atomic E-state index is 12.3. The van der Waals surface area contributed by atoms with E-state index in [1.165, 1.54) is 18.0 Å². The topological polar surface area (TPSA) is 67.2 Å². The number of amides is 1. The molecule has 0 atom stereocenters. The van der Waals surface area contributed by atoms with Crippen LogP contribution in [-0.4, -0.2) is 41.3 Å². The van der Waals surface area contributed by atoms with Gasteiger partial charge in [0.15, 0.2) is 5.16 Å². The van der Waals surface area contributed by atoms with E-state index < -0.39 is 0 Å². The van der Waals surface area contributed by atoms with Gasteiger partial charge in [0, 0.05) is 44.3 Å². The highest BCUT2D eigenvalue weighted by Crippen LogP contribution is 2.20. The number of likely N-dealkylation sites (N-methyl/N-ethyl adjacent to an activating group) is 1. The van der Waals surface area contributed by atoms with Gasteiger partial charge in [-0.25, -0.2) is 4.98 Å². The van der Waals surface area contributed by atoms with E-state index in [2.05, 4.69) is 10.3 Å². The molecule has 1 aromatic carbocycles. The number of anilines is 1. The molecule has 120 valence electrons. The minimum Gasteiger partial charge on any atom is -0.373 e. The molecule has 2 heterocycles. The Morgan fingerprint density at radius 1 is 1.39 bits per heavy atom. The van der Waals surface area contributed by atoms with Crippen LogP contribution in [0.25, 0.3) is 0 Å². The molecule has 2 aromatic rings. The molecule has 0 spiro atoms. The summed E-state index contributed by atoms with van der Waals surface area (Å²) in [6.45, 7) is 1.73. The smallest absolute Gasteiger partial charge is 0.267 e. The van der Waals surface area contributed by atoms with Crippen molar-refractivity contribution in [3.05, 3.63) is 52.4 Å². The molecule has 0 aliphatic carbocycles. The lowest BCUT2D eigenvalue weighted by atomic mass is 10.3. The molecule has 0 fully saturated rings. The standard InChI is InChI=1S/C16H18N4O2S/c1-19(12-5-3-2-4-6-12)8-7-17-14(21)13-11-18-16-20(15(13)22)9-10-23-16/h2-6,11H,7-10H2,1H3,(H,17,21). The molecule has 23 heavy (non-hydrogen) atoms. The summed E-state index contributed by atoms with van der Waals surface area (Å²) in [7, 11) is 1.96. The average molecular weight is 330 g/mol. The molecule has 1 N–H and O–H groups in total. The predicted octanol–water partition coefficient (Wildman–Crippen LogP) is 1.22. The monoisotopic (exact) mass is 330 g/mol. The zero-order valence-corrected chi connectivity index (χ0v) is 13.7. The number of para-hydroxylation sites is 1. The van der Waals surface area contributed by atoms with Gasteiger partial charge in [0.25, 0.3) is 11.5 Å². The number of benzene rings is 1. The molecule has 7 heteroatoms. The number of aromatic nitrogens is 2. The first kappa shape index (κ1) is 15.6. The van der Waals surface area contributed by atoms with Crippen molar-refractivity contribution in [2.24, 2.45) is 0 Å². The van der Waals surface area contributed by atoms with Crippen LogP contribution in [-0.2, 0) is 6.54 Å². The van der Waals surface area contributed by atoms with Crippen LogP contribution in [0.5, 0.6) is 0 Å². The molecule has 0 bridgehead atoms. The van der Waals surface area contributed by atoms with Crippen LogP contribution < -0.4 is 15.8 Å². The fourth-order valence-corrected chi connectivity index (χ4v) is 3.33. The fourth-order valence-electron chi connectivity index (χ4n) is 2.42. The number of fused-ring (bicyclic) bond motifs is 1. The highest BCUT2D eigenvalue weighted by Gasteiger charge is 2.19. The summed E-state index contributed by atoms with van der Waals surface area (Å²) >= 11 is 1.54. The summed E-state index contributed by atoms with van der Waals surface area (Å²) < 4.78 is 1.57. The van der Waals surface area contributed by atoms with Crippen molar-refractivity contribution in [2.45, 2.75) is 11.7 Å². The molecule has 1 aromatic heterocycles. The Kier molecular flexibility index (Phi) is 4.66. The normalized spacial score (nSPS) is 12.7. The SMILES string of the molecule is CN(CCNC(=O)c1cnc2n(c1=O)CCS2)c1ccccc1. The summed E-state index contributed by atoms with van der Waals surface area (Å²) in [6, 6.07) is 9.93. The van der Waals surface area contributed by atoms with Crippen LogP contribution >= 0.6 is 11.8 Å². The Bertz CT molecular complexity index is 760. The van der Waals surface area contributed by atoms with Gasteiger partial charge in [0.1, 0.15) is 5.56 Å². The molecule has 0 unspecified atom stereocenters. The second-order valence-corrected chi connectivity index (χ2v) is 6.33. The van der Waals surface area contributed by atoms with Gasteiger partial charge in [-0.2, -0.15) is 0 Å². The van der Waals surface area contributed by atoms with Crippen LogP contribution in [0.3, 0.4) is 0 Å². The fraction of sp³-hybridized carbons (Fsp3) is 0.312. The summed E-state index contributed by atoms with van der Waals surface area (Å²) in [5.74, 6) is 0.464. The van der Waals surface area contributed by atoms with Crippen molar-refractivity contribution < 1.29 is 4.79 Å². The number of hydrogen-bond acceptors (Lipinski definition) is 5. The van der Waals surface area contributed by atoms with Crippen molar-refractivity contribution in [3.63, 3.8) is 0 Å². The minimum atomic E-state index is -0.365. The molecule has 6 nitrogen and oxygen atoms in total. The first-order chi connectivity index (χ1) is 11.2. The van der Waals surface area contributed by atoms with E-state index in [0.717, 1.165) is 11.4 Å². The molecule has 0 saturated carbocycles. The van der Waals surface area contributed by atoms with Crippen molar-refractivity contribution in [1.29, 1.82) is 0 Å². The van der Waals surface area contributed by atoms with Gasteiger partial charge in [0.2, 0.25) is 0 Å². The van der Waals surface area contributed by atoms with E-state index in [-0.39, 0.29) is 17.0 Å². The zero-order valence-electron chi connectivity index (χ0n) is 12.9. The Labute approximate surface area is 138 Å². The number of carbonyl (C=O) groups is 1. The summed E-state index contributed by atoms with van der Waals surface area (Å²) in [4.78, 5) is 30.7. The third-order valence-corrected chi connectivity index (χ3v) is 4.70. The van der Waals surface area contributed by atoms with Crippen molar-refractivity contribution in [2.75, 3.05) is 30.8 Å². The first-order valence-corrected chi connectivity index (χ1v) is 8.42. The maximum atomic E-state index is 12.3. The number of hydrogen-bond donors (Lipinski definition) is 1. The van der Waals surface area contributed by atoms with Crippen LogP contribution in [0.15, 0.2) is 46.5 Å². The minimum absolute atomic E-state index is 0.110. The van der Waals surface area contributed by atoms with E-state index in [0.29, 0.717) is 24.8 Å². The van der Waals surface area contributed by atoms with Gasteiger partial charge in [-0.3, -0.25) is 14.2 Å². The lowest BCUT2D eigenvalue weighted by Gasteiger charge is -2.19. The zero-order chi connectivity index (χ0) is 16.2. The Morgan fingerprint density at radius 3 is 2.96 bits per heavy atom. The average Bonchev–Trinajstić information content (AvgIpc) is 3.05. The largest absolute Gasteiger partial charge is 0.373 e. The van der Waals surface area contributed by atoms with Gasteiger partial charge < -0.3 is 10.2 Å². The molecule has 1 amide bonds. The lowest BCUT2D eigenvalue weighted by Crippen LogP contribution is -2.37. The molecule has 1 aliphatic heterocycles. The van der Waals surface area contributed by atoms with Gasteiger partial charge >= 0.3 is 0 Å². The van der Waals surface area contributed by atoms with Gasteiger partial charge in [-0.1, -0.05) is 30.0 Å². The van der Waals surface area contributed by atoms with Crippen molar-refractivity contribution >= 4 is 23.4 Å². The lowest BCUT2D eigenvalue weighted by molar-refractivity contribution is 0.0952. The number of nitrogens with one attached hydrogen (secondary N) is 1. The molecular weight excluding hydrogens is 312 g/mol. The number of rotatable bonds is 5. The Balaban J connectivity index is 1.59. The Morgan fingerprint density at radius 2 is 2.17 bits per heavy atom. The second-order valence-electron chi connectivity index (χ2n) is 5.27. The van der Waals surface area contributed by atoms with Crippen LogP contribution in [0.4, 0.5) is 5.69 Å². The number of nitrogens with zero attached hydrogens (tertiary/aromatic N) is 3. The molecular formula is C16H18N4O2S. The van der Waals surface area contributed by atoms with Gasteiger partial charge in [0.05, 0.1) is 0 Å². The van der Waals surface area contributed by atoms with Gasteiger partial charge in [-0.05, 0) is 12.1 Å². The van der Waals surface area contributed by atoms with Crippen LogP contribution in [0, 0.1) is 0 Å². The number of thioether (sulfide) groups is 1. The second kappa shape index (κ2) is 6.87. The van der Waals surface area contributed by atoms with E-state index >= 15 is 0 Å². The summed E-state index contributed by atoms with van der Waals surface area (Å²) in [5, 5.41) is 3.48. The number of carbonyl (C=O) groups excluding carboxylic acids is 1. The summed E-state index contributed by atoms with van der Waals surface area (Å²) in [6.07, 6.45) is 1.38. The highest BCUT2D eigenvalue weighted by atomic mass is 32.2. The third-order valence-electron chi connectivity index (χ3n) is 3.73. The molecule has 0 radical (unpaired) electrons. The Hall–Kier alpha value is -2.28. The molecule has 3 rings (SSSR count). The van der Waals surface area contributed by atoms with Gasteiger partial charge in [-0.15, -0.1) is 0 Å². The molecule has 0 saturated heterocycles. The van der Waals surface area contributed by atoms with E-state index in [4.69, 9.17) is 0 Å². The van der Waals surface area contributed by atoms with E-state index in [1.807, 2.05) is 42.3 Å². The first-order valence-electron chi connectivity index (χ1n) is 7.44. The van der Waals surface area contributed by atoms with Crippen molar-refractivity contribution in [3.8, 4) is 0 Å². The van der Waals surface area contributed by atoms with Crippen molar-refractivity contribution in [1.82, 2.24) is 14.9 Å². The highest BCUT2D eigenvalue weighted by molar-refractivity contribution is 7.99. The van der Waals surface area contributed by atoms with Crippen LogP contribution in [0.2, 0.25) is 0 Å². The van der Waals surface area contributed by atoms with E-state index in [9.17, 15) is 9.59 Å². The summed E-state index contributed by atoms with van der Waals surface area (Å²) in [5.41, 5.74) is 0.936. The quantitative estimate of drug-likeness (QED) is 0.835. The third kappa shape index (κ3) is 3.39. The van der Waals surface area contributed by atoms with Crippen LogP contribution in [0.1, 0.15) is 10.4 Å². The predicted molar refractivity (Wildman–Crippen MR) is 91.3 cm³/mol. The molecule has 1 aliphatic rings.